The molecule has 1 aromatic carbocycles. The van der Waals surface area contributed by atoms with Crippen molar-refractivity contribution in [2.75, 3.05) is 19.6 Å². The maximum Gasteiger partial charge on any atom is 0.237 e. The Balaban J connectivity index is 1.94. The number of carbonyl (C=O) groups is 1. The van der Waals surface area contributed by atoms with Gasteiger partial charge in [0.15, 0.2) is 0 Å². The molecule has 0 aliphatic carbocycles. The van der Waals surface area contributed by atoms with Gasteiger partial charge in [0.25, 0.3) is 0 Å². The van der Waals surface area contributed by atoms with Crippen molar-refractivity contribution in [1.29, 1.82) is 0 Å². The minimum atomic E-state index is -3.54. The zero-order valence-electron chi connectivity index (χ0n) is 11.9. The van der Waals surface area contributed by atoms with Gasteiger partial charge in [0.2, 0.25) is 15.9 Å². The van der Waals surface area contributed by atoms with Gasteiger partial charge in [-0.25, -0.2) is 13.1 Å². The molecule has 1 amide bonds. The fourth-order valence-electron chi connectivity index (χ4n) is 2.40. The Morgan fingerprint density at radius 3 is 2.43 bits per heavy atom. The summed E-state index contributed by atoms with van der Waals surface area (Å²) in [7, 11) is -3.54. The molecule has 3 N–H and O–H groups in total. The van der Waals surface area contributed by atoms with Crippen LogP contribution in [-0.2, 0) is 27.1 Å². The Labute approximate surface area is 125 Å². The quantitative estimate of drug-likeness (QED) is 0.784. The van der Waals surface area contributed by atoms with Crippen LogP contribution in [0.4, 0.5) is 0 Å². The highest BCUT2D eigenvalue weighted by Crippen LogP contribution is 2.12. The van der Waals surface area contributed by atoms with Crippen molar-refractivity contribution >= 4 is 15.9 Å². The van der Waals surface area contributed by atoms with Gasteiger partial charge in [-0.05, 0) is 24.0 Å². The lowest BCUT2D eigenvalue weighted by atomic mass is 10.1. The first-order valence-corrected chi connectivity index (χ1v) is 8.69. The van der Waals surface area contributed by atoms with Crippen molar-refractivity contribution in [1.82, 2.24) is 9.62 Å². The van der Waals surface area contributed by atoms with Crippen LogP contribution in [-0.4, -0.2) is 38.9 Å². The van der Waals surface area contributed by atoms with Gasteiger partial charge in [-0.3, -0.25) is 4.79 Å². The van der Waals surface area contributed by atoms with Crippen LogP contribution in [0.5, 0.6) is 0 Å². The summed E-state index contributed by atoms with van der Waals surface area (Å²) in [5.41, 5.74) is 7.07. The highest BCUT2D eigenvalue weighted by molar-refractivity contribution is 7.88. The minimum absolute atomic E-state index is 0.159. The number of sulfonamides is 1. The lowest BCUT2D eigenvalue weighted by Crippen LogP contribution is -2.39. The number of amides is 1. The third-order valence-corrected chi connectivity index (χ3v) is 4.86. The van der Waals surface area contributed by atoms with E-state index in [-0.39, 0.29) is 18.2 Å². The number of carbonyl (C=O) groups excluding carboxylic acids is 1. The number of nitrogens with zero attached hydrogens (tertiary/aromatic N) is 1. The van der Waals surface area contributed by atoms with Gasteiger partial charge in [0, 0.05) is 19.6 Å². The number of nitrogens with one attached hydrogen (secondary N) is 1. The Bertz CT molecular complexity index is 595. The van der Waals surface area contributed by atoms with Crippen LogP contribution in [0, 0.1) is 0 Å². The van der Waals surface area contributed by atoms with Crippen LogP contribution in [0.15, 0.2) is 24.3 Å². The second-order valence-electron chi connectivity index (χ2n) is 5.14. The van der Waals surface area contributed by atoms with Crippen LogP contribution >= 0.6 is 0 Å². The summed E-state index contributed by atoms with van der Waals surface area (Å²) in [6.07, 6.45) is 1.98. The molecule has 0 bridgehead atoms. The number of rotatable bonds is 6. The topological polar surface area (TPSA) is 92.5 Å². The minimum Gasteiger partial charge on any atom is -0.342 e. The molecular formula is C14H21N3O3S. The third-order valence-electron chi connectivity index (χ3n) is 3.59. The SMILES string of the molecule is NCc1ccccc1CS(=O)(=O)NCC(=O)N1CCCC1. The molecule has 2 rings (SSSR count). The molecule has 0 unspecified atom stereocenters. The normalized spacial score (nSPS) is 15.4. The summed E-state index contributed by atoms with van der Waals surface area (Å²) >= 11 is 0. The molecule has 21 heavy (non-hydrogen) atoms. The third kappa shape index (κ3) is 4.52. The Morgan fingerprint density at radius 2 is 1.81 bits per heavy atom. The molecule has 0 aromatic heterocycles. The van der Waals surface area contributed by atoms with E-state index in [4.69, 9.17) is 5.73 Å². The summed E-state index contributed by atoms with van der Waals surface area (Å²) in [6.45, 7) is 1.55. The highest BCUT2D eigenvalue weighted by atomic mass is 32.2. The fourth-order valence-corrected chi connectivity index (χ4v) is 3.54. The number of benzene rings is 1. The van der Waals surface area contributed by atoms with Gasteiger partial charge >= 0.3 is 0 Å². The Kier molecular flexibility index (Phi) is 5.33. The monoisotopic (exact) mass is 311 g/mol. The van der Waals surface area contributed by atoms with E-state index in [1.807, 2.05) is 6.07 Å². The van der Waals surface area contributed by atoms with Crippen LogP contribution in [0.1, 0.15) is 24.0 Å². The second kappa shape index (κ2) is 7.02. The predicted molar refractivity (Wildman–Crippen MR) is 80.8 cm³/mol. The summed E-state index contributed by atoms with van der Waals surface area (Å²) in [5, 5.41) is 0. The Morgan fingerprint density at radius 1 is 1.19 bits per heavy atom. The smallest absolute Gasteiger partial charge is 0.237 e. The van der Waals surface area contributed by atoms with Crippen LogP contribution < -0.4 is 10.5 Å². The molecule has 0 saturated carbocycles. The molecule has 116 valence electrons. The first-order chi connectivity index (χ1) is 10.0. The van der Waals surface area contributed by atoms with E-state index >= 15 is 0 Å². The van der Waals surface area contributed by atoms with Gasteiger partial charge in [-0.2, -0.15) is 0 Å². The predicted octanol–water partition coefficient (Wildman–Crippen LogP) is 0.187. The number of likely N-dealkylation sites (tertiary alicyclic amines) is 1. The maximum absolute atomic E-state index is 12.1. The summed E-state index contributed by atoms with van der Waals surface area (Å²) in [4.78, 5) is 13.5. The molecule has 0 atom stereocenters. The Hall–Kier alpha value is -1.44. The first kappa shape index (κ1) is 15.9. The van der Waals surface area contributed by atoms with Crippen LogP contribution in [0.2, 0.25) is 0 Å². The van der Waals surface area contributed by atoms with Crippen molar-refractivity contribution < 1.29 is 13.2 Å². The van der Waals surface area contributed by atoms with Gasteiger partial charge in [-0.1, -0.05) is 24.3 Å². The molecule has 1 aliphatic rings. The molecule has 0 radical (unpaired) electrons. The largest absolute Gasteiger partial charge is 0.342 e. The highest BCUT2D eigenvalue weighted by Gasteiger charge is 2.20. The van der Waals surface area contributed by atoms with Crippen molar-refractivity contribution in [3.63, 3.8) is 0 Å². The molecule has 6 nitrogen and oxygen atoms in total. The molecular weight excluding hydrogens is 290 g/mol. The van der Waals surface area contributed by atoms with E-state index in [9.17, 15) is 13.2 Å². The van der Waals surface area contributed by atoms with E-state index in [0.717, 1.165) is 31.5 Å². The van der Waals surface area contributed by atoms with E-state index in [0.29, 0.717) is 12.1 Å². The van der Waals surface area contributed by atoms with Gasteiger partial charge in [0.1, 0.15) is 0 Å². The molecule has 7 heteroatoms. The van der Waals surface area contributed by atoms with Gasteiger partial charge in [-0.15, -0.1) is 0 Å². The van der Waals surface area contributed by atoms with Gasteiger partial charge < -0.3 is 10.6 Å². The van der Waals surface area contributed by atoms with Crippen molar-refractivity contribution in [2.24, 2.45) is 5.73 Å². The van der Waals surface area contributed by atoms with Crippen molar-refractivity contribution in [3.05, 3.63) is 35.4 Å². The summed E-state index contributed by atoms with van der Waals surface area (Å²) in [5.74, 6) is -0.323. The molecule has 1 heterocycles. The number of hydrogen-bond acceptors (Lipinski definition) is 4. The van der Waals surface area contributed by atoms with E-state index in [2.05, 4.69) is 4.72 Å². The summed E-state index contributed by atoms with van der Waals surface area (Å²) in [6, 6.07) is 7.14. The zero-order chi connectivity index (χ0) is 15.3. The molecule has 1 aromatic rings. The van der Waals surface area contributed by atoms with E-state index in [1.54, 1.807) is 23.1 Å². The first-order valence-electron chi connectivity index (χ1n) is 7.04. The molecule has 1 aliphatic heterocycles. The van der Waals surface area contributed by atoms with Crippen LogP contribution in [0.3, 0.4) is 0 Å². The average Bonchev–Trinajstić information content (AvgIpc) is 2.99. The lowest BCUT2D eigenvalue weighted by Gasteiger charge is -2.16. The van der Waals surface area contributed by atoms with Crippen molar-refractivity contribution in [3.8, 4) is 0 Å². The molecule has 1 saturated heterocycles. The molecule has 1 fully saturated rings. The number of hydrogen-bond donors (Lipinski definition) is 2. The standard InChI is InChI=1S/C14H21N3O3S/c15-9-12-5-1-2-6-13(12)11-21(19,20)16-10-14(18)17-7-3-4-8-17/h1-2,5-6,16H,3-4,7-11,15H2. The fraction of sp³-hybridized carbons (Fsp3) is 0.500. The van der Waals surface area contributed by atoms with E-state index in [1.165, 1.54) is 0 Å². The van der Waals surface area contributed by atoms with Crippen molar-refractivity contribution in [2.45, 2.75) is 25.1 Å². The van der Waals surface area contributed by atoms with E-state index < -0.39 is 10.0 Å². The number of nitrogens with two attached hydrogens (primary N) is 1. The van der Waals surface area contributed by atoms with Gasteiger partial charge in [0.05, 0.1) is 12.3 Å². The summed E-state index contributed by atoms with van der Waals surface area (Å²) < 4.78 is 26.5. The average molecular weight is 311 g/mol. The van der Waals surface area contributed by atoms with Crippen LogP contribution in [0.25, 0.3) is 0 Å². The lowest BCUT2D eigenvalue weighted by molar-refractivity contribution is -0.128. The second-order valence-corrected chi connectivity index (χ2v) is 6.95. The molecule has 0 spiro atoms. The zero-order valence-corrected chi connectivity index (χ0v) is 12.7. The maximum atomic E-state index is 12.1.